The van der Waals surface area contributed by atoms with Crippen LogP contribution < -0.4 is 11.1 Å². The predicted molar refractivity (Wildman–Crippen MR) is 85.9 cm³/mol. The summed E-state index contributed by atoms with van der Waals surface area (Å²) in [5.41, 5.74) is 8.55. The van der Waals surface area contributed by atoms with E-state index in [0.29, 0.717) is 11.4 Å². The molecule has 106 valence electrons. The van der Waals surface area contributed by atoms with Crippen LogP contribution in [0, 0.1) is 5.82 Å². The van der Waals surface area contributed by atoms with Crippen molar-refractivity contribution in [2.24, 2.45) is 0 Å². The summed E-state index contributed by atoms with van der Waals surface area (Å²) in [5.74, 6) is -0.628. The van der Waals surface area contributed by atoms with Gasteiger partial charge in [0.1, 0.15) is 0 Å². The molecule has 0 aliphatic heterocycles. The van der Waals surface area contributed by atoms with Crippen molar-refractivity contribution in [3.05, 3.63) is 58.5 Å². The van der Waals surface area contributed by atoms with Crippen molar-refractivity contribution in [1.29, 1.82) is 0 Å². The second-order valence-electron chi connectivity index (χ2n) is 4.51. The Morgan fingerprint density at radius 3 is 2.48 bits per heavy atom. The third kappa shape index (κ3) is 2.73. The number of fused-ring (bicyclic) bond motifs is 1. The number of aromatic nitrogens is 1. The van der Waals surface area contributed by atoms with Crippen molar-refractivity contribution in [2.45, 2.75) is 0 Å². The van der Waals surface area contributed by atoms with Crippen LogP contribution in [0.3, 0.4) is 0 Å². The number of rotatable bonds is 2. The molecule has 1 aromatic heterocycles. The second-order valence-corrected chi connectivity index (χ2v) is 5.33. The highest BCUT2D eigenvalue weighted by Crippen LogP contribution is 2.31. The fourth-order valence-corrected chi connectivity index (χ4v) is 2.54. The number of benzene rings is 2. The number of pyridine rings is 1. The van der Waals surface area contributed by atoms with Gasteiger partial charge in [-0.1, -0.05) is 23.2 Å². The average molecular weight is 322 g/mol. The molecule has 21 heavy (non-hydrogen) atoms. The van der Waals surface area contributed by atoms with Gasteiger partial charge in [0, 0.05) is 28.6 Å². The number of nitrogens with one attached hydrogen (secondary N) is 1. The monoisotopic (exact) mass is 321 g/mol. The molecule has 0 saturated heterocycles. The quantitative estimate of drug-likeness (QED) is 0.515. The smallest absolute Gasteiger partial charge is 0.160 e. The summed E-state index contributed by atoms with van der Waals surface area (Å²) in [6.45, 7) is 0. The zero-order valence-electron chi connectivity index (χ0n) is 10.7. The summed E-state index contributed by atoms with van der Waals surface area (Å²) < 4.78 is 13.4. The van der Waals surface area contributed by atoms with Gasteiger partial charge in [-0.05, 0) is 36.4 Å². The van der Waals surface area contributed by atoms with Gasteiger partial charge < -0.3 is 11.1 Å². The van der Waals surface area contributed by atoms with E-state index < -0.39 is 5.82 Å². The lowest BCUT2D eigenvalue weighted by atomic mass is 10.1. The van der Waals surface area contributed by atoms with Gasteiger partial charge in [0.2, 0.25) is 0 Å². The first-order chi connectivity index (χ1) is 10.0. The lowest BCUT2D eigenvalue weighted by Crippen LogP contribution is -1.94. The van der Waals surface area contributed by atoms with Gasteiger partial charge in [0.25, 0.3) is 0 Å². The molecule has 6 heteroatoms. The molecular formula is C15H10Cl2FN3. The van der Waals surface area contributed by atoms with Crippen LogP contribution in [-0.2, 0) is 0 Å². The van der Waals surface area contributed by atoms with Gasteiger partial charge in [-0.15, -0.1) is 0 Å². The highest BCUT2D eigenvalue weighted by molar-refractivity contribution is 6.35. The minimum atomic E-state index is -0.628. The number of hydrogen-bond acceptors (Lipinski definition) is 3. The molecule has 0 fully saturated rings. The van der Waals surface area contributed by atoms with Crippen LogP contribution >= 0.6 is 23.2 Å². The summed E-state index contributed by atoms with van der Waals surface area (Å²) in [4.78, 5) is 4.26. The Hall–Kier alpha value is -2.04. The molecule has 0 bridgehead atoms. The first kappa shape index (κ1) is 13.9. The SMILES string of the molecule is Nc1ccc2c(Nc3cc(Cl)c(F)c(Cl)c3)ccnc2c1. The third-order valence-electron chi connectivity index (χ3n) is 3.03. The number of halogens is 3. The maximum absolute atomic E-state index is 13.4. The molecule has 0 saturated carbocycles. The molecule has 3 rings (SSSR count). The number of anilines is 3. The number of hydrogen-bond donors (Lipinski definition) is 2. The van der Waals surface area contributed by atoms with Crippen molar-refractivity contribution >= 4 is 51.2 Å². The Morgan fingerprint density at radius 2 is 1.76 bits per heavy atom. The summed E-state index contributed by atoms with van der Waals surface area (Å²) in [5, 5.41) is 3.98. The summed E-state index contributed by atoms with van der Waals surface area (Å²) in [7, 11) is 0. The molecule has 3 aromatic rings. The zero-order chi connectivity index (χ0) is 15.0. The Morgan fingerprint density at radius 1 is 1.05 bits per heavy atom. The lowest BCUT2D eigenvalue weighted by Gasteiger charge is -2.11. The van der Waals surface area contributed by atoms with Crippen molar-refractivity contribution in [3.8, 4) is 0 Å². The van der Waals surface area contributed by atoms with Gasteiger partial charge in [0.15, 0.2) is 5.82 Å². The van der Waals surface area contributed by atoms with Crippen molar-refractivity contribution in [3.63, 3.8) is 0 Å². The van der Waals surface area contributed by atoms with Crippen LogP contribution in [-0.4, -0.2) is 4.98 Å². The van der Waals surface area contributed by atoms with Crippen molar-refractivity contribution in [2.75, 3.05) is 11.1 Å². The van der Waals surface area contributed by atoms with Gasteiger partial charge in [0.05, 0.1) is 15.6 Å². The van der Waals surface area contributed by atoms with E-state index in [1.165, 1.54) is 12.1 Å². The van der Waals surface area contributed by atoms with Crippen LogP contribution in [0.15, 0.2) is 42.6 Å². The molecule has 0 atom stereocenters. The first-order valence-corrected chi connectivity index (χ1v) is 6.86. The number of nitrogen functional groups attached to an aromatic ring is 1. The van der Waals surface area contributed by atoms with Gasteiger partial charge >= 0.3 is 0 Å². The first-order valence-electron chi connectivity index (χ1n) is 6.10. The summed E-state index contributed by atoms with van der Waals surface area (Å²) in [6.07, 6.45) is 1.66. The zero-order valence-corrected chi connectivity index (χ0v) is 12.2. The molecule has 0 aliphatic rings. The molecular weight excluding hydrogens is 312 g/mol. The van der Waals surface area contributed by atoms with Crippen LogP contribution in [0.5, 0.6) is 0 Å². The Bertz CT molecular complexity index is 813. The van der Waals surface area contributed by atoms with Crippen molar-refractivity contribution in [1.82, 2.24) is 4.98 Å². The molecule has 0 spiro atoms. The molecule has 0 amide bonds. The van der Waals surface area contributed by atoms with E-state index in [0.717, 1.165) is 16.6 Å². The van der Waals surface area contributed by atoms with E-state index in [9.17, 15) is 4.39 Å². The van der Waals surface area contributed by atoms with Gasteiger partial charge in [-0.25, -0.2) is 4.39 Å². The minimum Gasteiger partial charge on any atom is -0.399 e. The average Bonchev–Trinajstić information content (AvgIpc) is 2.44. The van der Waals surface area contributed by atoms with Gasteiger partial charge in [-0.3, -0.25) is 4.98 Å². The third-order valence-corrected chi connectivity index (χ3v) is 3.58. The molecule has 3 N–H and O–H groups in total. The molecule has 0 radical (unpaired) electrons. The molecule has 3 nitrogen and oxygen atoms in total. The maximum atomic E-state index is 13.4. The summed E-state index contributed by atoms with van der Waals surface area (Å²) in [6, 6.07) is 10.2. The summed E-state index contributed by atoms with van der Waals surface area (Å²) >= 11 is 11.6. The molecule has 1 heterocycles. The van der Waals surface area contributed by atoms with Crippen LogP contribution in [0.25, 0.3) is 10.9 Å². The van der Waals surface area contributed by atoms with Gasteiger partial charge in [-0.2, -0.15) is 0 Å². The second kappa shape index (κ2) is 5.39. The van der Waals surface area contributed by atoms with Crippen LogP contribution in [0.2, 0.25) is 10.0 Å². The number of nitrogens with two attached hydrogens (primary N) is 1. The lowest BCUT2D eigenvalue weighted by molar-refractivity contribution is 0.629. The molecule has 0 aliphatic carbocycles. The van der Waals surface area contributed by atoms with E-state index in [1.54, 1.807) is 18.3 Å². The highest BCUT2D eigenvalue weighted by Gasteiger charge is 2.09. The van der Waals surface area contributed by atoms with Crippen LogP contribution in [0.4, 0.5) is 21.5 Å². The highest BCUT2D eigenvalue weighted by atomic mass is 35.5. The van der Waals surface area contributed by atoms with E-state index in [-0.39, 0.29) is 10.0 Å². The maximum Gasteiger partial charge on any atom is 0.160 e. The molecule has 0 unspecified atom stereocenters. The Labute approximate surface area is 130 Å². The Balaban J connectivity index is 2.06. The van der Waals surface area contributed by atoms with Crippen molar-refractivity contribution < 1.29 is 4.39 Å². The van der Waals surface area contributed by atoms with E-state index in [1.807, 2.05) is 12.1 Å². The topological polar surface area (TPSA) is 50.9 Å². The normalized spacial score (nSPS) is 10.8. The fourth-order valence-electron chi connectivity index (χ4n) is 2.06. The minimum absolute atomic E-state index is 0.0346. The van der Waals surface area contributed by atoms with E-state index in [4.69, 9.17) is 28.9 Å². The standard InChI is InChI=1S/C15H10Cl2FN3/c16-11-6-9(7-12(17)15(11)18)21-13-3-4-20-14-5-8(19)1-2-10(13)14/h1-7H,19H2,(H,20,21). The fraction of sp³-hybridized carbons (Fsp3) is 0. The van der Waals surface area contributed by atoms with Crippen LogP contribution in [0.1, 0.15) is 0 Å². The van der Waals surface area contributed by atoms with E-state index >= 15 is 0 Å². The number of nitrogens with zero attached hydrogens (tertiary/aromatic N) is 1. The Kier molecular flexibility index (Phi) is 3.57. The molecule has 2 aromatic carbocycles. The largest absolute Gasteiger partial charge is 0.399 e. The predicted octanol–water partition coefficient (Wildman–Crippen LogP) is 5.01. The van der Waals surface area contributed by atoms with E-state index in [2.05, 4.69) is 10.3 Å².